The molecule has 2 rings (SSSR count). The molecule has 8 heteroatoms. The van der Waals surface area contributed by atoms with Crippen molar-refractivity contribution < 1.29 is 13.5 Å². The lowest BCUT2D eigenvalue weighted by atomic mass is 10.1. The number of hydrazone groups is 1. The molecule has 2 aromatic rings. The highest BCUT2D eigenvalue weighted by atomic mass is 35.5. The van der Waals surface area contributed by atoms with Crippen molar-refractivity contribution in [1.82, 2.24) is 5.43 Å². The molecule has 25 heavy (non-hydrogen) atoms. The van der Waals surface area contributed by atoms with Gasteiger partial charge in [0.15, 0.2) is 5.11 Å². The fourth-order valence-corrected chi connectivity index (χ4v) is 2.38. The van der Waals surface area contributed by atoms with Crippen LogP contribution < -0.4 is 15.5 Å². The molecule has 4 nitrogen and oxygen atoms in total. The molecule has 0 aromatic heterocycles. The van der Waals surface area contributed by atoms with Gasteiger partial charge in [0.25, 0.3) is 0 Å². The first-order chi connectivity index (χ1) is 11.9. The summed E-state index contributed by atoms with van der Waals surface area (Å²) in [7, 11) is 0. The Labute approximate surface area is 154 Å². The van der Waals surface area contributed by atoms with Crippen LogP contribution in [0.1, 0.15) is 18.1 Å². The zero-order valence-electron chi connectivity index (χ0n) is 13.5. The van der Waals surface area contributed by atoms with Crippen molar-refractivity contribution in [1.29, 1.82) is 0 Å². The Morgan fingerprint density at radius 1 is 1.20 bits per heavy atom. The molecule has 2 aromatic carbocycles. The SMILES string of the molecule is C/C(=N/NC(=S)Nc1cccc(Cl)c1C)c1ccccc1OC(F)F. The number of hydrogen-bond acceptors (Lipinski definition) is 3. The highest BCUT2D eigenvalue weighted by Gasteiger charge is 2.11. The molecule has 0 atom stereocenters. The number of anilines is 1. The first kappa shape index (κ1) is 19.1. The van der Waals surface area contributed by atoms with Crippen LogP contribution in [-0.2, 0) is 0 Å². The standard InChI is InChI=1S/C17H16ClF2N3OS/c1-10-13(18)7-5-8-14(10)21-17(25)23-22-11(2)12-6-3-4-9-15(12)24-16(19)20/h3-9,16H,1-2H3,(H2,21,23,25)/b22-11-. The van der Waals surface area contributed by atoms with Crippen LogP contribution in [0.2, 0.25) is 5.02 Å². The predicted octanol–water partition coefficient (Wildman–Crippen LogP) is 4.96. The van der Waals surface area contributed by atoms with Crippen LogP contribution in [0.3, 0.4) is 0 Å². The van der Waals surface area contributed by atoms with E-state index in [1.807, 2.05) is 13.0 Å². The van der Waals surface area contributed by atoms with Gasteiger partial charge in [0, 0.05) is 16.3 Å². The van der Waals surface area contributed by atoms with Gasteiger partial charge in [0.05, 0.1) is 5.71 Å². The molecule has 0 aliphatic heterocycles. The van der Waals surface area contributed by atoms with Gasteiger partial charge < -0.3 is 10.1 Å². The molecule has 0 saturated heterocycles. The molecule has 0 unspecified atom stereocenters. The van der Waals surface area contributed by atoms with Gasteiger partial charge >= 0.3 is 6.61 Å². The summed E-state index contributed by atoms with van der Waals surface area (Å²) in [5, 5.41) is 7.96. The van der Waals surface area contributed by atoms with E-state index >= 15 is 0 Å². The lowest BCUT2D eigenvalue weighted by molar-refractivity contribution is -0.0499. The van der Waals surface area contributed by atoms with E-state index in [9.17, 15) is 8.78 Å². The van der Waals surface area contributed by atoms with Crippen molar-refractivity contribution in [3.8, 4) is 5.75 Å². The van der Waals surface area contributed by atoms with E-state index in [-0.39, 0.29) is 10.9 Å². The lowest BCUT2D eigenvalue weighted by Gasteiger charge is -2.12. The summed E-state index contributed by atoms with van der Waals surface area (Å²) >= 11 is 11.2. The minimum absolute atomic E-state index is 0.0464. The topological polar surface area (TPSA) is 45.7 Å². The summed E-state index contributed by atoms with van der Waals surface area (Å²) in [6, 6.07) is 11.8. The van der Waals surface area contributed by atoms with Crippen molar-refractivity contribution in [2.75, 3.05) is 5.32 Å². The third-order valence-electron chi connectivity index (χ3n) is 3.33. The number of thiocarbonyl (C=S) groups is 1. The van der Waals surface area contributed by atoms with E-state index in [0.717, 1.165) is 11.3 Å². The number of benzene rings is 2. The molecule has 0 aliphatic rings. The Balaban J connectivity index is 2.08. The third-order valence-corrected chi connectivity index (χ3v) is 3.94. The maximum absolute atomic E-state index is 12.5. The molecular formula is C17H16ClF2N3OS. The van der Waals surface area contributed by atoms with Crippen LogP contribution in [0.5, 0.6) is 5.75 Å². The minimum atomic E-state index is -2.91. The Kier molecular flexibility index (Phi) is 6.66. The highest BCUT2D eigenvalue weighted by molar-refractivity contribution is 7.80. The monoisotopic (exact) mass is 383 g/mol. The van der Waals surface area contributed by atoms with Gasteiger partial charge in [-0.15, -0.1) is 0 Å². The van der Waals surface area contributed by atoms with Crippen molar-refractivity contribution in [3.05, 3.63) is 58.6 Å². The van der Waals surface area contributed by atoms with E-state index < -0.39 is 6.61 Å². The number of para-hydroxylation sites is 1. The highest BCUT2D eigenvalue weighted by Crippen LogP contribution is 2.23. The van der Waals surface area contributed by atoms with E-state index in [4.69, 9.17) is 23.8 Å². The Hall–Kier alpha value is -2.25. The molecule has 0 fully saturated rings. The number of nitrogens with zero attached hydrogens (tertiary/aromatic N) is 1. The van der Waals surface area contributed by atoms with Gasteiger partial charge in [-0.1, -0.05) is 29.8 Å². The molecule has 132 valence electrons. The van der Waals surface area contributed by atoms with Gasteiger partial charge in [-0.05, 0) is 55.9 Å². The van der Waals surface area contributed by atoms with Crippen molar-refractivity contribution in [3.63, 3.8) is 0 Å². The molecular weight excluding hydrogens is 368 g/mol. The van der Waals surface area contributed by atoms with Crippen LogP contribution in [0.4, 0.5) is 14.5 Å². The zero-order chi connectivity index (χ0) is 18.4. The fourth-order valence-electron chi connectivity index (χ4n) is 2.05. The van der Waals surface area contributed by atoms with Gasteiger partial charge in [-0.25, -0.2) is 0 Å². The Morgan fingerprint density at radius 2 is 1.92 bits per heavy atom. The van der Waals surface area contributed by atoms with E-state index in [0.29, 0.717) is 16.3 Å². The maximum Gasteiger partial charge on any atom is 0.387 e. The number of halogens is 3. The molecule has 0 bridgehead atoms. The molecule has 0 saturated carbocycles. The van der Waals surface area contributed by atoms with Crippen LogP contribution in [0, 0.1) is 6.92 Å². The van der Waals surface area contributed by atoms with Crippen molar-refractivity contribution in [2.45, 2.75) is 20.5 Å². The first-order valence-corrected chi connectivity index (χ1v) is 8.07. The molecule has 0 amide bonds. The van der Waals surface area contributed by atoms with E-state index in [1.165, 1.54) is 6.07 Å². The first-order valence-electron chi connectivity index (χ1n) is 7.29. The summed E-state index contributed by atoms with van der Waals surface area (Å²) < 4.78 is 29.4. The summed E-state index contributed by atoms with van der Waals surface area (Å²) in [4.78, 5) is 0. The van der Waals surface area contributed by atoms with Gasteiger partial charge in [0.1, 0.15) is 5.75 Å². The normalized spacial score (nSPS) is 11.4. The van der Waals surface area contributed by atoms with Crippen LogP contribution >= 0.6 is 23.8 Å². The number of ether oxygens (including phenoxy) is 1. The Morgan fingerprint density at radius 3 is 2.64 bits per heavy atom. The van der Waals surface area contributed by atoms with Crippen molar-refractivity contribution >= 4 is 40.3 Å². The zero-order valence-corrected chi connectivity index (χ0v) is 15.1. The smallest absolute Gasteiger partial charge is 0.387 e. The third kappa shape index (κ3) is 5.37. The Bertz CT molecular complexity index is 799. The quantitative estimate of drug-likeness (QED) is 0.435. The summed E-state index contributed by atoms with van der Waals surface area (Å²) in [5.74, 6) is 0.0464. The average Bonchev–Trinajstić information content (AvgIpc) is 2.57. The van der Waals surface area contributed by atoms with Gasteiger partial charge in [-0.2, -0.15) is 13.9 Å². The van der Waals surface area contributed by atoms with Gasteiger partial charge in [-0.3, -0.25) is 5.43 Å². The number of nitrogens with one attached hydrogen (secondary N) is 2. The number of alkyl halides is 2. The second-order valence-electron chi connectivity index (χ2n) is 5.05. The van der Waals surface area contributed by atoms with E-state index in [1.54, 1.807) is 37.3 Å². The van der Waals surface area contributed by atoms with E-state index in [2.05, 4.69) is 20.6 Å². The second kappa shape index (κ2) is 8.73. The average molecular weight is 384 g/mol. The predicted molar refractivity (Wildman–Crippen MR) is 101 cm³/mol. The van der Waals surface area contributed by atoms with Crippen LogP contribution in [0.25, 0.3) is 0 Å². The molecule has 2 N–H and O–H groups in total. The molecule has 0 radical (unpaired) electrons. The number of rotatable bonds is 5. The summed E-state index contributed by atoms with van der Waals surface area (Å²) in [5.41, 5.74) is 5.17. The lowest BCUT2D eigenvalue weighted by Crippen LogP contribution is -2.25. The maximum atomic E-state index is 12.5. The largest absolute Gasteiger partial charge is 0.434 e. The second-order valence-corrected chi connectivity index (χ2v) is 5.87. The van der Waals surface area contributed by atoms with Crippen LogP contribution in [0.15, 0.2) is 47.6 Å². The summed E-state index contributed by atoms with van der Waals surface area (Å²) in [6.07, 6.45) is 0. The molecule has 0 spiro atoms. The minimum Gasteiger partial charge on any atom is -0.434 e. The van der Waals surface area contributed by atoms with Gasteiger partial charge in [0.2, 0.25) is 0 Å². The van der Waals surface area contributed by atoms with Crippen molar-refractivity contribution in [2.24, 2.45) is 5.10 Å². The number of hydrogen-bond donors (Lipinski definition) is 2. The molecule has 0 aliphatic carbocycles. The molecule has 0 heterocycles. The fraction of sp³-hybridized carbons (Fsp3) is 0.176. The van der Waals surface area contributed by atoms with Crippen LogP contribution in [-0.4, -0.2) is 17.4 Å². The summed E-state index contributed by atoms with van der Waals surface area (Å²) in [6.45, 7) is 0.614.